The predicted molar refractivity (Wildman–Crippen MR) is 122 cm³/mol. The van der Waals surface area contributed by atoms with Crippen LogP contribution < -0.4 is 14.9 Å². The maximum atomic E-state index is 6.15. The van der Waals surface area contributed by atoms with E-state index in [-0.39, 0.29) is 0 Å². The van der Waals surface area contributed by atoms with Crippen molar-refractivity contribution in [3.63, 3.8) is 0 Å². The molecule has 29 heavy (non-hydrogen) atoms. The molecule has 0 aromatic heterocycles. The number of nitrogens with one attached hydrogen (secondary N) is 1. The molecule has 0 aliphatic heterocycles. The first-order chi connectivity index (χ1) is 14.2. The lowest BCUT2D eigenvalue weighted by Crippen LogP contribution is -2.06. The number of benzene rings is 3. The monoisotopic (exact) mass is 472 g/mol. The Bertz CT molecular complexity index is 961. The summed E-state index contributed by atoms with van der Waals surface area (Å²) in [5.41, 5.74) is 6.02. The maximum Gasteiger partial charge on any atom is 0.161 e. The number of nitrogens with zero attached hydrogens (tertiary/aromatic N) is 1. The fourth-order valence-corrected chi connectivity index (χ4v) is 3.09. The van der Waals surface area contributed by atoms with Gasteiger partial charge in [0.25, 0.3) is 0 Å². The zero-order valence-electron chi connectivity index (χ0n) is 16.1. The van der Waals surface area contributed by atoms with Gasteiger partial charge >= 0.3 is 0 Å². The highest BCUT2D eigenvalue weighted by atomic mass is 79.9. The number of hydrogen-bond donors (Lipinski definition) is 1. The summed E-state index contributed by atoms with van der Waals surface area (Å²) in [6, 6.07) is 21.5. The first-order valence-electron chi connectivity index (χ1n) is 9.29. The smallest absolute Gasteiger partial charge is 0.161 e. The van der Waals surface area contributed by atoms with E-state index in [0.29, 0.717) is 31.3 Å². The van der Waals surface area contributed by atoms with Crippen LogP contribution in [0.15, 0.2) is 76.3 Å². The van der Waals surface area contributed by atoms with Gasteiger partial charge in [0.2, 0.25) is 0 Å². The molecule has 3 aromatic rings. The highest BCUT2D eigenvalue weighted by Gasteiger charge is 2.07. The van der Waals surface area contributed by atoms with Crippen LogP contribution >= 0.6 is 27.5 Å². The zero-order valence-corrected chi connectivity index (χ0v) is 18.4. The van der Waals surface area contributed by atoms with E-state index in [0.717, 1.165) is 26.2 Å². The van der Waals surface area contributed by atoms with Crippen LogP contribution in [0.2, 0.25) is 5.02 Å². The summed E-state index contributed by atoms with van der Waals surface area (Å²) in [7, 11) is 0. The van der Waals surface area contributed by atoms with Gasteiger partial charge in [-0.3, -0.25) is 0 Å². The Morgan fingerprint density at radius 3 is 2.55 bits per heavy atom. The molecular weight excluding hydrogens is 452 g/mol. The molecule has 0 aliphatic rings. The average Bonchev–Trinajstić information content (AvgIpc) is 2.73. The van der Waals surface area contributed by atoms with Crippen molar-refractivity contribution in [2.24, 2.45) is 5.10 Å². The summed E-state index contributed by atoms with van der Waals surface area (Å²) < 4.78 is 12.7. The highest BCUT2D eigenvalue weighted by Crippen LogP contribution is 2.29. The standard InChI is InChI=1S/C23H22BrClN2O2/c1-2-28-23-13-18(14-26-27-15-19-5-3-4-6-21(19)25)9-12-22(23)29-16-17-7-10-20(24)11-8-17/h3-14,27H,2,15-16H2,1H3/b26-14-. The van der Waals surface area contributed by atoms with Gasteiger partial charge in [-0.1, -0.05) is 57.9 Å². The summed E-state index contributed by atoms with van der Waals surface area (Å²) in [6.07, 6.45) is 1.75. The van der Waals surface area contributed by atoms with Crippen molar-refractivity contribution in [3.8, 4) is 11.5 Å². The van der Waals surface area contributed by atoms with Gasteiger partial charge in [-0.05, 0) is 60.0 Å². The van der Waals surface area contributed by atoms with Gasteiger partial charge < -0.3 is 14.9 Å². The maximum absolute atomic E-state index is 6.15. The Morgan fingerprint density at radius 1 is 1.00 bits per heavy atom. The van der Waals surface area contributed by atoms with E-state index in [1.54, 1.807) is 6.21 Å². The number of hydrogen-bond acceptors (Lipinski definition) is 4. The lowest BCUT2D eigenvalue weighted by Gasteiger charge is -2.12. The van der Waals surface area contributed by atoms with E-state index in [1.165, 1.54) is 0 Å². The van der Waals surface area contributed by atoms with Crippen LogP contribution in [0.5, 0.6) is 11.5 Å². The molecule has 1 N–H and O–H groups in total. The molecule has 3 rings (SSSR count). The lowest BCUT2D eigenvalue weighted by atomic mass is 10.2. The Morgan fingerprint density at radius 2 is 1.79 bits per heavy atom. The molecule has 3 aromatic carbocycles. The number of hydrazone groups is 1. The second kappa shape index (κ2) is 10.9. The van der Waals surface area contributed by atoms with E-state index in [9.17, 15) is 0 Å². The van der Waals surface area contributed by atoms with Crippen molar-refractivity contribution in [2.45, 2.75) is 20.1 Å². The number of ether oxygens (including phenoxy) is 2. The van der Waals surface area contributed by atoms with Crippen LogP contribution in [-0.2, 0) is 13.2 Å². The van der Waals surface area contributed by atoms with Gasteiger partial charge in [0, 0.05) is 9.50 Å². The Kier molecular flexibility index (Phi) is 7.96. The molecule has 0 saturated heterocycles. The van der Waals surface area contributed by atoms with E-state index in [4.69, 9.17) is 21.1 Å². The third kappa shape index (κ3) is 6.51. The van der Waals surface area contributed by atoms with E-state index >= 15 is 0 Å². The molecule has 0 fully saturated rings. The summed E-state index contributed by atoms with van der Waals surface area (Å²) in [5.74, 6) is 1.40. The zero-order chi connectivity index (χ0) is 20.5. The Balaban J connectivity index is 1.62. The SMILES string of the molecule is CCOc1cc(/C=N\NCc2ccccc2Cl)ccc1OCc1ccc(Br)cc1. The van der Waals surface area contributed by atoms with E-state index in [1.807, 2.05) is 73.7 Å². The van der Waals surface area contributed by atoms with Gasteiger partial charge in [0.15, 0.2) is 11.5 Å². The van der Waals surface area contributed by atoms with Gasteiger partial charge in [-0.15, -0.1) is 0 Å². The van der Waals surface area contributed by atoms with Crippen LogP contribution in [0, 0.1) is 0 Å². The Hall–Kier alpha value is -2.50. The molecule has 150 valence electrons. The summed E-state index contributed by atoms with van der Waals surface area (Å²) in [6.45, 7) is 3.54. The molecular formula is C23H22BrClN2O2. The van der Waals surface area contributed by atoms with E-state index < -0.39 is 0 Å². The van der Waals surface area contributed by atoms with Crippen molar-refractivity contribution < 1.29 is 9.47 Å². The minimum Gasteiger partial charge on any atom is -0.490 e. The summed E-state index contributed by atoms with van der Waals surface area (Å²) in [4.78, 5) is 0. The van der Waals surface area contributed by atoms with Crippen molar-refractivity contribution in [3.05, 3.63) is 92.9 Å². The van der Waals surface area contributed by atoms with Crippen LogP contribution in [0.1, 0.15) is 23.6 Å². The quantitative estimate of drug-likeness (QED) is 0.297. The minimum atomic E-state index is 0.472. The fourth-order valence-electron chi connectivity index (χ4n) is 2.63. The first-order valence-corrected chi connectivity index (χ1v) is 10.5. The van der Waals surface area contributed by atoms with Gasteiger partial charge in [-0.25, -0.2) is 0 Å². The summed E-state index contributed by atoms with van der Waals surface area (Å²) in [5, 5.41) is 5.00. The van der Waals surface area contributed by atoms with Crippen molar-refractivity contribution >= 4 is 33.7 Å². The molecule has 0 spiro atoms. The first kappa shape index (κ1) is 21.2. The fraction of sp³-hybridized carbons (Fsp3) is 0.174. The average molecular weight is 474 g/mol. The third-order valence-corrected chi connectivity index (χ3v) is 5.00. The Labute approximate surface area is 184 Å². The van der Waals surface area contributed by atoms with Crippen LogP contribution in [0.25, 0.3) is 0 Å². The molecule has 0 radical (unpaired) electrons. The van der Waals surface area contributed by atoms with Gasteiger partial charge in [-0.2, -0.15) is 5.10 Å². The predicted octanol–water partition coefficient (Wildman–Crippen LogP) is 6.20. The molecule has 0 heterocycles. The van der Waals surface area contributed by atoms with Crippen LogP contribution in [0.4, 0.5) is 0 Å². The number of halogens is 2. The van der Waals surface area contributed by atoms with Crippen molar-refractivity contribution in [2.75, 3.05) is 6.61 Å². The number of rotatable bonds is 9. The van der Waals surface area contributed by atoms with Gasteiger partial charge in [0.1, 0.15) is 6.61 Å². The molecule has 0 saturated carbocycles. The molecule has 0 bridgehead atoms. The van der Waals surface area contributed by atoms with E-state index in [2.05, 4.69) is 26.5 Å². The molecule has 6 heteroatoms. The van der Waals surface area contributed by atoms with Crippen LogP contribution in [0.3, 0.4) is 0 Å². The van der Waals surface area contributed by atoms with Crippen molar-refractivity contribution in [1.82, 2.24) is 5.43 Å². The second-order valence-corrected chi connectivity index (χ2v) is 7.56. The van der Waals surface area contributed by atoms with Gasteiger partial charge in [0.05, 0.1) is 19.4 Å². The highest BCUT2D eigenvalue weighted by molar-refractivity contribution is 9.10. The lowest BCUT2D eigenvalue weighted by molar-refractivity contribution is 0.269. The topological polar surface area (TPSA) is 42.8 Å². The molecule has 0 amide bonds. The molecule has 0 atom stereocenters. The largest absolute Gasteiger partial charge is 0.490 e. The normalized spacial score (nSPS) is 10.9. The minimum absolute atomic E-state index is 0.472. The summed E-state index contributed by atoms with van der Waals surface area (Å²) >= 11 is 9.59. The van der Waals surface area contributed by atoms with Crippen molar-refractivity contribution in [1.29, 1.82) is 0 Å². The molecule has 0 unspecified atom stereocenters. The third-order valence-electron chi connectivity index (χ3n) is 4.11. The molecule has 4 nitrogen and oxygen atoms in total. The second-order valence-electron chi connectivity index (χ2n) is 6.24. The van der Waals surface area contributed by atoms with Crippen LogP contribution in [-0.4, -0.2) is 12.8 Å². The molecule has 0 aliphatic carbocycles.